The van der Waals surface area contributed by atoms with Crippen LogP contribution in [0.15, 0.2) is 83.8 Å². The third-order valence-electron chi connectivity index (χ3n) is 6.52. The Kier molecular flexibility index (Phi) is 10.5. The van der Waals surface area contributed by atoms with Crippen LogP contribution in [0.5, 0.6) is 5.88 Å². The molecule has 10 nitrogen and oxygen atoms in total. The van der Waals surface area contributed by atoms with Crippen molar-refractivity contribution in [3.63, 3.8) is 0 Å². The van der Waals surface area contributed by atoms with Gasteiger partial charge in [0.2, 0.25) is 11.8 Å². The van der Waals surface area contributed by atoms with E-state index in [1.807, 2.05) is 55.5 Å². The zero-order valence-corrected chi connectivity index (χ0v) is 25.2. The average Bonchev–Trinajstić information content (AvgIpc) is 2.96. The van der Waals surface area contributed by atoms with Crippen LogP contribution in [-0.4, -0.2) is 42.1 Å². The molecule has 0 aliphatic heterocycles. The molecule has 1 unspecified atom stereocenters. The van der Waals surface area contributed by atoms with Crippen molar-refractivity contribution in [1.82, 2.24) is 9.97 Å². The second kappa shape index (κ2) is 14.2. The van der Waals surface area contributed by atoms with E-state index in [1.54, 1.807) is 6.07 Å². The molecule has 0 saturated heterocycles. The van der Waals surface area contributed by atoms with E-state index in [2.05, 4.69) is 28.5 Å². The molecule has 4 N–H and O–H groups in total. The van der Waals surface area contributed by atoms with Crippen molar-refractivity contribution in [2.24, 2.45) is 11.7 Å². The van der Waals surface area contributed by atoms with Gasteiger partial charge in [-0.2, -0.15) is 4.98 Å². The largest absolute Gasteiger partial charge is 0.478 e. The van der Waals surface area contributed by atoms with E-state index in [-0.39, 0.29) is 41.5 Å². The van der Waals surface area contributed by atoms with Crippen molar-refractivity contribution in [2.75, 3.05) is 11.3 Å². The number of hydrogen-bond acceptors (Lipinski definition) is 8. The Labute approximate surface area is 252 Å². The molecule has 0 amide bonds. The van der Waals surface area contributed by atoms with Gasteiger partial charge in [-0.3, -0.25) is 0 Å². The highest BCUT2D eigenvalue weighted by Gasteiger charge is 2.21. The van der Waals surface area contributed by atoms with Gasteiger partial charge in [-0.1, -0.05) is 68.4 Å². The number of sulfonamides is 1. The van der Waals surface area contributed by atoms with Gasteiger partial charge < -0.3 is 20.3 Å². The van der Waals surface area contributed by atoms with Crippen molar-refractivity contribution < 1.29 is 27.8 Å². The van der Waals surface area contributed by atoms with E-state index in [9.17, 15) is 18.3 Å². The molecule has 1 heterocycles. The number of ether oxygens (including phenoxy) is 2. The smallest absolute Gasteiger partial charge is 0.335 e. The van der Waals surface area contributed by atoms with E-state index in [4.69, 9.17) is 15.2 Å². The highest BCUT2D eigenvalue weighted by Crippen LogP contribution is 2.30. The first-order chi connectivity index (χ1) is 20.5. The number of carboxylic acid groups (broad SMARTS) is 1. The van der Waals surface area contributed by atoms with Gasteiger partial charge in [0.1, 0.15) is 6.61 Å². The summed E-state index contributed by atoms with van der Waals surface area (Å²) in [4.78, 5) is 20.0. The van der Waals surface area contributed by atoms with Gasteiger partial charge in [0.05, 0.1) is 29.4 Å². The summed E-state index contributed by atoms with van der Waals surface area (Å²) in [5, 5.41) is 9.32. The number of rotatable bonds is 14. The standard InChI is InChI=1S/C32H36N4O6S/c1-21(2)15-26(33)20-42-29-17-28(30-22(3)9-7-13-25(30)19-41-18-23-10-5-4-6-11-23)34-32(35-29)36-43(39,40)27-14-8-12-24(16-27)31(37)38/h4-14,16-17,21,26H,15,18-20,33H2,1-3H3,(H,37,38)(H,34,35,36). The van der Waals surface area contributed by atoms with Crippen molar-refractivity contribution in [3.8, 4) is 17.1 Å². The van der Waals surface area contributed by atoms with E-state index >= 15 is 0 Å². The van der Waals surface area contributed by atoms with Gasteiger partial charge in [0.15, 0.2) is 0 Å². The maximum atomic E-state index is 13.3. The number of carboxylic acids is 1. The molecule has 11 heteroatoms. The van der Waals surface area contributed by atoms with Crippen LogP contribution >= 0.6 is 0 Å². The number of aromatic carboxylic acids is 1. The predicted molar refractivity (Wildman–Crippen MR) is 164 cm³/mol. The minimum Gasteiger partial charge on any atom is -0.478 e. The monoisotopic (exact) mass is 604 g/mol. The molecule has 0 saturated carbocycles. The maximum absolute atomic E-state index is 13.3. The summed E-state index contributed by atoms with van der Waals surface area (Å²) in [6, 6.07) is 22.0. The second-order valence-electron chi connectivity index (χ2n) is 10.6. The SMILES string of the molecule is Cc1cccc(COCc2ccccc2)c1-c1cc(OCC(N)CC(C)C)nc(NS(=O)(=O)c2cccc(C(=O)O)c2)n1. The van der Waals surface area contributed by atoms with Crippen LogP contribution in [0.2, 0.25) is 0 Å². The first-order valence-electron chi connectivity index (χ1n) is 13.9. The number of anilines is 1. The van der Waals surface area contributed by atoms with Crippen LogP contribution in [0.1, 0.15) is 47.3 Å². The molecular weight excluding hydrogens is 568 g/mol. The van der Waals surface area contributed by atoms with Crippen molar-refractivity contribution in [2.45, 2.75) is 51.3 Å². The fraction of sp³-hybridized carbons (Fsp3) is 0.281. The van der Waals surface area contributed by atoms with Crippen molar-refractivity contribution >= 4 is 21.9 Å². The normalized spacial score (nSPS) is 12.2. The van der Waals surface area contributed by atoms with E-state index < -0.39 is 16.0 Å². The Morgan fingerprint density at radius 3 is 2.44 bits per heavy atom. The Balaban J connectivity index is 1.69. The summed E-state index contributed by atoms with van der Waals surface area (Å²) in [7, 11) is -4.24. The fourth-order valence-electron chi connectivity index (χ4n) is 4.58. The third kappa shape index (κ3) is 8.84. The van der Waals surface area contributed by atoms with Crippen molar-refractivity contribution in [3.05, 3.63) is 101 Å². The molecule has 1 atom stereocenters. The summed E-state index contributed by atoms with van der Waals surface area (Å²) < 4.78 is 40.9. The number of aromatic nitrogens is 2. The number of aryl methyl sites for hydroxylation is 1. The minimum absolute atomic E-state index is 0.139. The summed E-state index contributed by atoms with van der Waals surface area (Å²) in [5.74, 6) is -0.968. The molecule has 0 bridgehead atoms. The Hall–Kier alpha value is -4.32. The van der Waals surface area contributed by atoms with Crippen LogP contribution in [-0.2, 0) is 28.0 Å². The lowest BCUT2D eigenvalue weighted by molar-refractivity contribution is 0.0696. The number of nitrogens with one attached hydrogen (secondary N) is 1. The van der Waals surface area contributed by atoms with Crippen LogP contribution in [0.3, 0.4) is 0 Å². The Morgan fingerprint density at radius 1 is 0.977 bits per heavy atom. The van der Waals surface area contributed by atoms with E-state index in [1.165, 1.54) is 18.2 Å². The predicted octanol–water partition coefficient (Wildman–Crippen LogP) is 5.42. The van der Waals surface area contributed by atoms with Gasteiger partial charge in [-0.05, 0) is 54.2 Å². The first kappa shape index (κ1) is 31.6. The molecule has 4 aromatic rings. The Bertz CT molecular complexity index is 1660. The zero-order valence-electron chi connectivity index (χ0n) is 24.4. The molecule has 4 rings (SSSR count). The van der Waals surface area contributed by atoms with Crippen LogP contribution in [0, 0.1) is 12.8 Å². The number of hydrogen-bond donors (Lipinski definition) is 3. The fourth-order valence-corrected chi connectivity index (χ4v) is 5.57. The summed E-state index contributed by atoms with van der Waals surface area (Å²) >= 11 is 0. The summed E-state index contributed by atoms with van der Waals surface area (Å²) in [6.45, 7) is 6.93. The maximum Gasteiger partial charge on any atom is 0.335 e. The van der Waals surface area contributed by atoms with Crippen LogP contribution < -0.4 is 15.2 Å². The lowest BCUT2D eigenvalue weighted by Crippen LogP contribution is -2.29. The lowest BCUT2D eigenvalue weighted by Gasteiger charge is -2.17. The molecule has 0 aliphatic rings. The van der Waals surface area contributed by atoms with Gasteiger partial charge in [-0.25, -0.2) is 22.9 Å². The van der Waals surface area contributed by atoms with Crippen molar-refractivity contribution in [1.29, 1.82) is 0 Å². The highest BCUT2D eigenvalue weighted by molar-refractivity contribution is 7.92. The molecule has 43 heavy (non-hydrogen) atoms. The topological polar surface area (TPSA) is 154 Å². The molecule has 0 aliphatic carbocycles. The van der Waals surface area contributed by atoms with Gasteiger partial charge in [0, 0.05) is 17.7 Å². The van der Waals surface area contributed by atoms with E-state index in [0.717, 1.165) is 34.7 Å². The first-order valence-corrected chi connectivity index (χ1v) is 15.3. The third-order valence-corrected chi connectivity index (χ3v) is 7.85. The number of benzene rings is 3. The average molecular weight is 605 g/mol. The van der Waals surface area contributed by atoms with E-state index in [0.29, 0.717) is 18.2 Å². The second-order valence-corrected chi connectivity index (χ2v) is 12.3. The molecule has 226 valence electrons. The molecular formula is C32H36N4O6S. The molecule has 0 fully saturated rings. The highest BCUT2D eigenvalue weighted by atomic mass is 32.2. The molecule has 0 radical (unpaired) electrons. The molecule has 3 aromatic carbocycles. The Morgan fingerprint density at radius 2 is 1.72 bits per heavy atom. The number of nitrogens with zero attached hydrogens (tertiary/aromatic N) is 2. The van der Waals surface area contributed by atoms with Crippen LogP contribution in [0.4, 0.5) is 5.95 Å². The summed E-state index contributed by atoms with van der Waals surface area (Å²) in [5.41, 5.74) is 10.0. The molecule has 0 spiro atoms. The van der Waals surface area contributed by atoms with Gasteiger partial charge >= 0.3 is 5.97 Å². The van der Waals surface area contributed by atoms with Gasteiger partial charge in [-0.15, -0.1) is 0 Å². The summed E-state index contributed by atoms with van der Waals surface area (Å²) in [6.07, 6.45) is 0.734. The number of nitrogens with two attached hydrogens (primary N) is 1. The minimum atomic E-state index is -4.24. The van der Waals surface area contributed by atoms with Crippen LogP contribution in [0.25, 0.3) is 11.3 Å². The molecule has 1 aromatic heterocycles. The zero-order chi connectivity index (χ0) is 31.0. The quantitative estimate of drug-likeness (QED) is 0.171. The lowest BCUT2D eigenvalue weighted by atomic mass is 9.99. The number of carbonyl (C=O) groups is 1. The van der Waals surface area contributed by atoms with Gasteiger partial charge in [0.25, 0.3) is 10.0 Å².